The maximum absolute atomic E-state index is 12.5. The summed E-state index contributed by atoms with van der Waals surface area (Å²) in [6, 6.07) is 1.14. The minimum absolute atomic E-state index is 0. The van der Waals surface area contributed by atoms with Crippen LogP contribution >= 0.6 is 28.3 Å². The highest BCUT2D eigenvalue weighted by Crippen LogP contribution is 2.41. The van der Waals surface area contributed by atoms with Crippen molar-refractivity contribution in [1.82, 2.24) is 0 Å². The minimum atomic E-state index is -4.51. The van der Waals surface area contributed by atoms with Crippen molar-refractivity contribution in [2.45, 2.75) is 19.1 Å². The van der Waals surface area contributed by atoms with Gasteiger partial charge in [0.25, 0.3) is 0 Å². The van der Waals surface area contributed by atoms with Crippen molar-refractivity contribution in [3.63, 3.8) is 0 Å². The Bertz CT molecular complexity index is 382. The third kappa shape index (κ3) is 3.02. The van der Waals surface area contributed by atoms with E-state index in [1.54, 1.807) is 0 Å². The zero-order valence-electron chi connectivity index (χ0n) is 8.18. The van der Waals surface area contributed by atoms with E-state index in [-0.39, 0.29) is 22.4 Å². The summed E-state index contributed by atoms with van der Waals surface area (Å²) in [5, 5.41) is 9.49. The maximum Gasteiger partial charge on any atom is 0.416 e. The summed E-state index contributed by atoms with van der Waals surface area (Å²) >= 11 is 2.94. The Hall–Kier alpha value is -0.460. The second kappa shape index (κ2) is 5.25. The number of benzene rings is 1. The molecule has 1 aromatic carbocycles. The molecule has 1 atom stereocenters. The van der Waals surface area contributed by atoms with Crippen molar-refractivity contribution in [3.8, 4) is 5.75 Å². The topological polar surface area (TPSA) is 46.2 Å². The van der Waals surface area contributed by atoms with E-state index < -0.39 is 23.5 Å². The summed E-state index contributed by atoms with van der Waals surface area (Å²) < 4.78 is 37.8. The van der Waals surface area contributed by atoms with Crippen LogP contribution in [0.2, 0.25) is 0 Å². The molecule has 0 aliphatic heterocycles. The normalized spacial score (nSPS) is 13.1. The molecule has 0 aliphatic carbocycles. The number of rotatable bonds is 1. The van der Waals surface area contributed by atoms with Gasteiger partial charge >= 0.3 is 6.18 Å². The zero-order valence-corrected chi connectivity index (χ0v) is 10.6. The number of hydrogen-bond donors (Lipinski definition) is 2. The molecule has 92 valence electrons. The van der Waals surface area contributed by atoms with Crippen LogP contribution in [0.5, 0.6) is 5.75 Å². The third-order valence-corrected chi connectivity index (χ3v) is 2.57. The number of nitrogens with two attached hydrogens (primary N) is 1. The van der Waals surface area contributed by atoms with Gasteiger partial charge in [0.1, 0.15) is 5.75 Å². The molecule has 0 radical (unpaired) electrons. The third-order valence-electron chi connectivity index (χ3n) is 1.93. The molecule has 2 nitrogen and oxygen atoms in total. The second-order valence-electron chi connectivity index (χ2n) is 3.14. The van der Waals surface area contributed by atoms with Gasteiger partial charge in [-0.15, -0.1) is 12.4 Å². The Morgan fingerprint density at radius 1 is 1.38 bits per heavy atom. The summed E-state index contributed by atoms with van der Waals surface area (Å²) in [5.74, 6) is -0.458. The second-order valence-corrected chi connectivity index (χ2v) is 4.00. The highest BCUT2D eigenvalue weighted by atomic mass is 79.9. The molecular formula is C9H10BrClF3NO. The van der Waals surface area contributed by atoms with Crippen molar-refractivity contribution >= 4 is 28.3 Å². The van der Waals surface area contributed by atoms with E-state index in [1.807, 2.05) is 0 Å². The van der Waals surface area contributed by atoms with E-state index in [2.05, 4.69) is 15.9 Å². The van der Waals surface area contributed by atoms with Crippen molar-refractivity contribution in [2.24, 2.45) is 5.73 Å². The first-order chi connectivity index (χ1) is 6.75. The first kappa shape index (κ1) is 15.5. The molecule has 0 bridgehead atoms. The van der Waals surface area contributed by atoms with Gasteiger partial charge in [-0.1, -0.05) is 0 Å². The van der Waals surface area contributed by atoms with Crippen LogP contribution in [0.4, 0.5) is 13.2 Å². The van der Waals surface area contributed by atoms with Crippen LogP contribution in [-0.4, -0.2) is 5.11 Å². The fourth-order valence-electron chi connectivity index (χ4n) is 1.29. The molecule has 0 aliphatic rings. The van der Waals surface area contributed by atoms with Crippen molar-refractivity contribution in [1.29, 1.82) is 0 Å². The lowest BCUT2D eigenvalue weighted by Gasteiger charge is -2.17. The largest absolute Gasteiger partial charge is 0.506 e. The molecular weight excluding hydrogens is 310 g/mol. The Morgan fingerprint density at radius 2 is 1.88 bits per heavy atom. The molecule has 0 amide bonds. The molecule has 0 fully saturated rings. The average Bonchev–Trinajstić information content (AvgIpc) is 2.06. The standard InChI is InChI=1S/C9H9BrF3NO.ClH/c1-4(14)7-5(9(11,12)13)2-3-6(10)8(7)15;/h2-4,15H,14H2,1H3;1H/t4-;/m0./s1. The van der Waals surface area contributed by atoms with E-state index in [4.69, 9.17) is 5.73 Å². The lowest BCUT2D eigenvalue weighted by atomic mass is 10.0. The van der Waals surface area contributed by atoms with Crippen molar-refractivity contribution < 1.29 is 18.3 Å². The lowest BCUT2D eigenvalue weighted by molar-refractivity contribution is -0.138. The molecule has 0 aromatic heterocycles. The van der Waals surface area contributed by atoms with Gasteiger partial charge in [-0.05, 0) is 35.0 Å². The Balaban J connectivity index is 0.00000225. The predicted molar refractivity (Wildman–Crippen MR) is 60.7 cm³/mol. The molecule has 16 heavy (non-hydrogen) atoms. The summed E-state index contributed by atoms with van der Waals surface area (Å²) in [5.41, 5.74) is 4.20. The van der Waals surface area contributed by atoms with Gasteiger partial charge in [-0.2, -0.15) is 13.2 Å². The van der Waals surface area contributed by atoms with Gasteiger partial charge in [-0.25, -0.2) is 0 Å². The van der Waals surface area contributed by atoms with Crippen LogP contribution in [0.15, 0.2) is 16.6 Å². The summed E-state index contributed by atoms with van der Waals surface area (Å²) in [6.45, 7) is 1.39. The smallest absolute Gasteiger partial charge is 0.416 e. The SMILES string of the molecule is C[C@H](N)c1c(C(F)(F)F)ccc(Br)c1O.Cl. The molecule has 3 N–H and O–H groups in total. The van der Waals surface area contributed by atoms with Crippen LogP contribution in [0, 0.1) is 0 Å². The zero-order chi connectivity index (χ0) is 11.8. The number of phenols is 1. The molecule has 7 heteroatoms. The number of hydrogen-bond acceptors (Lipinski definition) is 2. The van der Waals surface area contributed by atoms with Gasteiger partial charge < -0.3 is 10.8 Å². The van der Waals surface area contributed by atoms with Gasteiger partial charge in [-0.3, -0.25) is 0 Å². The van der Waals surface area contributed by atoms with E-state index in [0.717, 1.165) is 12.1 Å². The molecule has 1 aromatic rings. The number of alkyl halides is 3. The van der Waals surface area contributed by atoms with Crippen LogP contribution < -0.4 is 5.73 Å². The first-order valence-corrected chi connectivity index (χ1v) is 4.88. The van der Waals surface area contributed by atoms with Crippen LogP contribution in [-0.2, 0) is 6.18 Å². The molecule has 0 heterocycles. The van der Waals surface area contributed by atoms with E-state index >= 15 is 0 Å². The number of phenolic OH excluding ortho intramolecular Hbond substituents is 1. The van der Waals surface area contributed by atoms with Gasteiger partial charge in [0.2, 0.25) is 0 Å². The summed E-state index contributed by atoms with van der Waals surface area (Å²) in [4.78, 5) is 0. The summed E-state index contributed by atoms with van der Waals surface area (Å²) in [7, 11) is 0. The Kier molecular flexibility index (Phi) is 5.10. The van der Waals surface area contributed by atoms with Crippen LogP contribution in [0.1, 0.15) is 24.1 Å². The molecule has 0 saturated heterocycles. The fraction of sp³-hybridized carbons (Fsp3) is 0.333. The predicted octanol–water partition coefficient (Wildman–Crippen LogP) is 3.62. The highest BCUT2D eigenvalue weighted by Gasteiger charge is 2.35. The van der Waals surface area contributed by atoms with Crippen LogP contribution in [0.25, 0.3) is 0 Å². The van der Waals surface area contributed by atoms with Crippen molar-refractivity contribution in [2.75, 3.05) is 0 Å². The monoisotopic (exact) mass is 319 g/mol. The quantitative estimate of drug-likeness (QED) is 0.830. The molecule has 1 rings (SSSR count). The maximum atomic E-state index is 12.5. The first-order valence-electron chi connectivity index (χ1n) is 4.09. The van der Waals surface area contributed by atoms with Crippen LogP contribution in [0.3, 0.4) is 0 Å². The molecule has 0 saturated carbocycles. The lowest BCUT2D eigenvalue weighted by Crippen LogP contribution is -2.15. The van der Waals surface area contributed by atoms with E-state index in [0.29, 0.717) is 0 Å². The minimum Gasteiger partial charge on any atom is -0.506 e. The molecule has 0 unspecified atom stereocenters. The van der Waals surface area contributed by atoms with Gasteiger partial charge in [0.15, 0.2) is 0 Å². The Labute approximate surface area is 105 Å². The highest BCUT2D eigenvalue weighted by molar-refractivity contribution is 9.10. The van der Waals surface area contributed by atoms with Gasteiger partial charge in [0.05, 0.1) is 10.0 Å². The Morgan fingerprint density at radius 3 is 2.25 bits per heavy atom. The number of halogens is 5. The molecule has 0 spiro atoms. The fourth-order valence-corrected chi connectivity index (χ4v) is 1.64. The van der Waals surface area contributed by atoms with Gasteiger partial charge in [0, 0.05) is 11.6 Å². The number of aromatic hydroxyl groups is 1. The van der Waals surface area contributed by atoms with E-state index in [9.17, 15) is 18.3 Å². The summed E-state index contributed by atoms with van der Waals surface area (Å²) in [6.07, 6.45) is -4.51. The average molecular weight is 321 g/mol. The van der Waals surface area contributed by atoms with E-state index in [1.165, 1.54) is 6.92 Å². The van der Waals surface area contributed by atoms with Crippen molar-refractivity contribution in [3.05, 3.63) is 27.7 Å².